The molecule has 0 saturated heterocycles. The second kappa shape index (κ2) is 6.57. The highest BCUT2D eigenvalue weighted by Crippen LogP contribution is 2.17. The molecule has 3 rings (SSSR count). The number of nitrogens with zero attached hydrogens (tertiary/aromatic N) is 2. The van der Waals surface area contributed by atoms with Crippen LogP contribution in [-0.2, 0) is 0 Å². The Morgan fingerprint density at radius 1 is 1.39 bits per heavy atom. The van der Waals surface area contributed by atoms with Crippen LogP contribution in [0, 0.1) is 5.82 Å². The first-order valence-corrected chi connectivity index (χ1v) is 7.30. The average molecular weight is 377 g/mol. The molecule has 23 heavy (non-hydrogen) atoms. The number of hydrogen-bond acceptors (Lipinski definition) is 4. The minimum Gasteiger partial charge on any atom is -0.463 e. The van der Waals surface area contributed by atoms with E-state index in [1.165, 1.54) is 24.6 Å². The number of carbonyl (C=O) groups is 1. The molecule has 1 amide bonds. The lowest BCUT2D eigenvalue weighted by Gasteiger charge is -1.98. The first-order valence-electron chi connectivity index (χ1n) is 6.51. The number of halogens is 2. The van der Waals surface area contributed by atoms with Crippen molar-refractivity contribution >= 4 is 28.1 Å². The fraction of sp³-hybridized carbons (Fsp3) is 0. The molecule has 2 heterocycles. The van der Waals surface area contributed by atoms with Crippen LogP contribution in [0.3, 0.4) is 0 Å². The first-order chi connectivity index (χ1) is 11.1. The molecular formula is C15H10BrFN4O2. The maximum atomic E-state index is 13.5. The SMILES string of the molecule is O=C(NN=Cc1cc(Br)ccc1F)c1cc(-c2ccco2)[nH]n1. The lowest BCUT2D eigenvalue weighted by atomic mass is 10.2. The monoisotopic (exact) mass is 376 g/mol. The van der Waals surface area contributed by atoms with Gasteiger partial charge in [-0.05, 0) is 30.3 Å². The van der Waals surface area contributed by atoms with E-state index in [4.69, 9.17) is 4.42 Å². The lowest BCUT2D eigenvalue weighted by Crippen LogP contribution is -2.18. The molecular weight excluding hydrogens is 367 g/mol. The van der Waals surface area contributed by atoms with E-state index >= 15 is 0 Å². The third kappa shape index (κ3) is 3.54. The number of carbonyl (C=O) groups excluding carboxylic acids is 1. The van der Waals surface area contributed by atoms with Crippen LogP contribution in [0.4, 0.5) is 4.39 Å². The molecule has 2 aromatic heterocycles. The summed E-state index contributed by atoms with van der Waals surface area (Å²) in [4.78, 5) is 11.9. The molecule has 8 heteroatoms. The van der Waals surface area contributed by atoms with Crippen molar-refractivity contribution in [1.82, 2.24) is 15.6 Å². The molecule has 0 aliphatic rings. The fourth-order valence-corrected chi connectivity index (χ4v) is 2.21. The minimum atomic E-state index is -0.522. The van der Waals surface area contributed by atoms with E-state index in [2.05, 4.69) is 36.7 Å². The molecule has 0 fully saturated rings. The lowest BCUT2D eigenvalue weighted by molar-refractivity contribution is 0.0950. The van der Waals surface area contributed by atoms with E-state index < -0.39 is 11.7 Å². The molecule has 1 aromatic carbocycles. The van der Waals surface area contributed by atoms with Crippen molar-refractivity contribution in [2.75, 3.05) is 0 Å². The van der Waals surface area contributed by atoms with Gasteiger partial charge in [0.2, 0.25) is 0 Å². The predicted octanol–water partition coefficient (Wildman–Crippen LogP) is 3.34. The zero-order valence-corrected chi connectivity index (χ0v) is 13.2. The summed E-state index contributed by atoms with van der Waals surface area (Å²) in [5.41, 5.74) is 3.25. The highest BCUT2D eigenvalue weighted by atomic mass is 79.9. The Bertz CT molecular complexity index is 858. The summed E-state index contributed by atoms with van der Waals surface area (Å²) in [6, 6.07) is 9.43. The molecule has 0 saturated carbocycles. The first kappa shape index (κ1) is 15.2. The Morgan fingerprint density at radius 3 is 3.04 bits per heavy atom. The number of nitrogens with one attached hydrogen (secondary N) is 2. The summed E-state index contributed by atoms with van der Waals surface area (Å²) >= 11 is 3.24. The summed E-state index contributed by atoms with van der Waals surface area (Å²) in [6.45, 7) is 0. The van der Waals surface area contributed by atoms with Crippen molar-refractivity contribution in [3.63, 3.8) is 0 Å². The van der Waals surface area contributed by atoms with Crippen LogP contribution < -0.4 is 5.43 Å². The zero-order chi connectivity index (χ0) is 16.2. The Kier molecular flexibility index (Phi) is 4.33. The molecule has 0 unspecified atom stereocenters. The fourth-order valence-electron chi connectivity index (χ4n) is 1.83. The van der Waals surface area contributed by atoms with Gasteiger partial charge >= 0.3 is 0 Å². The van der Waals surface area contributed by atoms with Gasteiger partial charge in [-0.1, -0.05) is 15.9 Å². The number of hydrazone groups is 1. The minimum absolute atomic E-state index is 0.142. The molecule has 6 nitrogen and oxygen atoms in total. The molecule has 0 radical (unpaired) electrons. The van der Waals surface area contributed by atoms with Gasteiger partial charge in [0.1, 0.15) is 11.5 Å². The van der Waals surface area contributed by atoms with Gasteiger partial charge in [0, 0.05) is 16.1 Å². The maximum Gasteiger partial charge on any atom is 0.291 e. The van der Waals surface area contributed by atoms with E-state index in [-0.39, 0.29) is 11.3 Å². The summed E-state index contributed by atoms with van der Waals surface area (Å²) in [6.07, 6.45) is 2.74. The summed E-state index contributed by atoms with van der Waals surface area (Å²) < 4.78 is 19.4. The summed E-state index contributed by atoms with van der Waals surface area (Å²) in [7, 11) is 0. The van der Waals surface area contributed by atoms with Gasteiger partial charge in [-0.2, -0.15) is 10.2 Å². The quantitative estimate of drug-likeness (QED) is 0.541. The molecule has 0 aliphatic heterocycles. The van der Waals surface area contributed by atoms with E-state index in [0.717, 1.165) is 0 Å². The Labute approximate surface area is 138 Å². The van der Waals surface area contributed by atoms with Gasteiger partial charge in [-0.3, -0.25) is 9.89 Å². The van der Waals surface area contributed by atoms with Crippen molar-refractivity contribution in [3.05, 3.63) is 64.2 Å². The van der Waals surface area contributed by atoms with Crippen molar-refractivity contribution in [2.45, 2.75) is 0 Å². The number of aromatic nitrogens is 2. The van der Waals surface area contributed by atoms with Crippen LogP contribution in [0.1, 0.15) is 16.1 Å². The van der Waals surface area contributed by atoms with Crippen LogP contribution >= 0.6 is 15.9 Å². The number of benzene rings is 1. The van der Waals surface area contributed by atoms with Crippen LogP contribution in [-0.4, -0.2) is 22.3 Å². The summed E-state index contributed by atoms with van der Waals surface area (Å²) in [5, 5.41) is 10.3. The van der Waals surface area contributed by atoms with Crippen molar-refractivity contribution in [1.29, 1.82) is 0 Å². The molecule has 3 aromatic rings. The number of hydrogen-bond donors (Lipinski definition) is 2. The molecule has 0 atom stereocenters. The van der Waals surface area contributed by atoms with Crippen LogP contribution in [0.5, 0.6) is 0 Å². The van der Waals surface area contributed by atoms with E-state index in [0.29, 0.717) is 15.9 Å². The van der Waals surface area contributed by atoms with E-state index in [1.54, 1.807) is 24.3 Å². The van der Waals surface area contributed by atoms with Crippen LogP contribution in [0.15, 0.2) is 56.7 Å². The Balaban J connectivity index is 1.68. The number of rotatable bonds is 4. The predicted molar refractivity (Wildman–Crippen MR) is 85.4 cm³/mol. The van der Waals surface area contributed by atoms with Gasteiger partial charge in [-0.15, -0.1) is 0 Å². The number of H-pyrrole nitrogens is 1. The summed E-state index contributed by atoms with van der Waals surface area (Å²) in [5.74, 6) is -0.395. The molecule has 116 valence electrons. The highest BCUT2D eigenvalue weighted by molar-refractivity contribution is 9.10. The normalized spacial score (nSPS) is 11.0. The third-order valence-electron chi connectivity index (χ3n) is 2.92. The topological polar surface area (TPSA) is 83.3 Å². The largest absolute Gasteiger partial charge is 0.463 e. The second-order valence-corrected chi connectivity index (χ2v) is 5.42. The average Bonchev–Trinajstić information content (AvgIpc) is 3.20. The van der Waals surface area contributed by atoms with E-state index in [1.807, 2.05) is 0 Å². The van der Waals surface area contributed by atoms with Gasteiger partial charge in [0.05, 0.1) is 12.5 Å². The standard InChI is InChI=1S/C15H10BrFN4O2/c16-10-3-4-11(17)9(6-10)8-18-21-15(22)13-7-12(19-20-13)14-2-1-5-23-14/h1-8H,(H,19,20)(H,21,22). The van der Waals surface area contributed by atoms with Crippen molar-refractivity contribution < 1.29 is 13.6 Å². The second-order valence-electron chi connectivity index (χ2n) is 4.51. The van der Waals surface area contributed by atoms with Crippen LogP contribution in [0.2, 0.25) is 0 Å². The molecule has 0 spiro atoms. The Hall–Kier alpha value is -2.74. The van der Waals surface area contributed by atoms with Crippen molar-refractivity contribution in [2.24, 2.45) is 5.10 Å². The smallest absolute Gasteiger partial charge is 0.291 e. The Morgan fingerprint density at radius 2 is 2.26 bits per heavy atom. The van der Waals surface area contributed by atoms with Crippen LogP contribution in [0.25, 0.3) is 11.5 Å². The number of aromatic amines is 1. The van der Waals surface area contributed by atoms with Gasteiger partial charge in [-0.25, -0.2) is 9.82 Å². The van der Waals surface area contributed by atoms with Gasteiger partial charge in [0.25, 0.3) is 5.91 Å². The highest BCUT2D eigenvalue weighted by Gasteiger charge is 2.12. The molecule has 0 aliphatic carbocycles. The third-order valence-corrected chi connectivity index (χ3v) is 3.42. The molecule has 2 N–H and O–H groups in total. The van der Waals surface area contributed by atoms with Gasteiger partial charge in [0.15, 0.2) is 11.5 Å². The van der Waals surface area contributed by atoms with E-state index in [9.17, 15) is 9.18 Å². The number of amides is 1. The van der Waals surface area contributed by atoms with Gasteiger partial charge < -0.3 is 4.42 Å². The maximum absolute atomic E-state index is 13.5. The molecule has 0 bridgehead atoms. The van der Waals surface area contributed by atoms with Crippen molar-refractivity contribution in [3.8, 4) is 11.5 Å². The number of furan rings is 1. The zero-order valence-electron chi connectivity index (χ0n) is 11.6.